The van der Waals surface area contributed by atoms with Crippen molar-refractivity contribution in [3.63, 3.8) is 0 Å². The molecule has 0 rings (SSSR count). The maximum Gasteiger partial charge on any atom is 0.207 e. The lowest BCUT2D eigenvalue weighted by Crippen LogP contribution is -2.53. The van der Waals surface area contributed by atoms with Crippen LogP contribution in [0.15, 0.2) is 61.6 Å². The third kappa shape index (κ3) is 13.2. The van der Waals surface area contributed by atoms with Gasteiger partial charge in [-0.2, -0.15) is 5.26 Å². The third-order valence-corrected chi connectivity index (χ3v) is 13.5. The van der Waals surface area contributed by atoms with Crippen LogP contribution in [0.3, 0.4) is 0 Å². The first-order chi connectivity index (χ1) is 23.7. The van der Waals surface area contributed by atoms with E-state index in [1.54, 1.807) is 0 Å². The van der Waals surface area contributed by atoms with Crippen molar-refractivity contribution in [3.05, 3.63) is 61.6 Å². The zero-order chi connectivity index (χ0) is 40.8. The molecular weight excluding hydrogens is 639 g/mol. The number of nitrogens with one attached hydrogen (secondary N) is 4. The molecule has 0 spiro atoms. The Balaban J connectivity index is 6.70. The molecule has 4 unspecified atom stereocenters. The lowest BCUT2D eigenvalue weighted by molar-refractivity contribution is -0.109. The second kappa shape index (κ2) is 19.9. The normalized spacial score (nSPS) is 16.5. The van der Waals surface area contributed by atoms with Crippen molar-refractivity contribution < 1.29 is 4.79 Å². The Labute approximate surface area is 322 Å². The minimum absolute atomic E-state index is 0.109. The summed E-state index contributed by atoms with van der Waals surface area (Å²) in [6.45, 7) is 56.7. The Hall–Kier alpha value is -2.94. The number of nitriles is 1. The number of rotatable bonds is 29. The van der Waals surface area contributed by atoms with Gasteiger partial charge in [-0.05, 0) is 80.0 Å². The fraction of sp³-hybridized carbons (Fsp3) is 0.739. The first-order valence-electron chi connectivity index (χ1n) is 19.8. The highest BCUT2D eigenvalue weighted by Gasteiger charge is 2.57. The van der Waals surface area contributed by atoms with E-state index in [1.165, 1.54) is 5.57 Å². The van der Waals surface area contributed by atoms with Crippen molar-refractivity contribution >= 4 is 6.41 Å². The standard InChI is InChI=1S/C46H83N5O/c1-20-22-25-44(17,33-47)43(15,16)46(19,39(8)50-27-24-37(6)49-26-23-36(5)35(3)4)32-41(11,12)30-42(13,14)45(18,31-40(9,10)21-2)38(7)51-29-28-48-34-52/h20,34,36,49-51H,1,3,6-8,21-32H2,2,4-5,9-19H3,(H,48,52). The zero-order valence-corrected chi connectivity index (χ0v) is 36.6. The molecule has 298 valence electrons. The lowest BCUT2D eigenvalue weighted by Gasteiger charge is -2.57. The topological polar surface area (TPSA) is 89.0 Å². The Morgan fingerprint density at radius 3 is 1.81 bits per heavy atom. The van der Waals surface area contributed by atoms with Crippen molar-refractivity contribution in [2.24, 2.45) is 43.8 Å². The number of carbonyl (C=O) groups is 1. The molecule has 0 radical (unpaired) electrons. The highest BCUT2D eigenvalue weighted by Crippen LogP contribution is 2.62. The van der Waals surface area contributed by atoms with Crippen LogP contribution >= 0.6 is 0 Å². The summed E-state index contributed by atoms with van der Waals surface area (Å²) in [6, 6.07) is 2.77. The summed E-state index contributed by atoms with van der Waals surface area (Å²) in [7, 11) is 0. The van der Waals surface area contributed by atoms with Crippen molar-refractivity contribution in [3.8, 4) is 6.07 Å². The van der Waals surface area contributed by atoms with Crippen LogP contribution in [-0.4, -0.2) is 32.6 Å². The van der Waals surface area contributed by atoms with E-state index in [9.17, 15) is 10.1 Å². The Morgan fingerprint density at radius 2 is 1.31 bits per heavy atom. The lowest BCUT2D eigenvalue weighted by atomic mass is 9.47. The van der Waals surface area contributed by atoms with Crippen LogP contribution in [0.2, 0.25) is 0 Å². The fourth-order valence-electron chi connectivity index (χ4n) is 8.36. The molecule has 6 heteroatoms. The van der Waals surface area contributed by atoms with Gasteiger partial charge in [0.25, 0.3) is 0 Å². The second-order valence-corrected chi connectivity index (χ2v) is 19.4. The average Bonchev–Trinajstić information content (AvgIpc) is 3.03. The van der Waals surface area contributed by atoms with E-state index in [2.05, 4.69) is 151 Å². The molecule has 0 bridgehead atoms. The smallest absolute Gasteiger partial charge is 0.207 e. The molecule has 0 fully saturated rings. The molecule has 0 heterocycles. The van der Waals surface area contributed by atoms with E-state index in [0.717, 1.165) is 81.4 Å². The molecule has 0 aliphatic rings. The molecule has 0 saturated heterocycles. The molecule has 0 aliphatic carbocycles. The minimum atomic E-state index is -0.620. The predicted molar refractivity (Wildman–Crippen MR) is 227 cm³/mol. The summed E-state index contributed by atoms with van der Waals surface area (Å²) in [5.74, 6) is 0.473. The summed E-state index contributed by atoms with van der Waals surface area (Å²) in [5, 5.41) is 24.4. The second-order valence-electron chi connectivity index (χ2n) is 19.4. The summed E-state index contributed by atoms with van der Waals surface area (Å²) in [5.41, 5.74) is 2.26. The van der Waals surface area contributed by atoms with Crippen LogP contribution in [0.25, 0.3) is 0 Å². The third-order valence-electron chi connectivity index (χ3n) is 13.5. The summed E-state index contributed by atoms with van der Waals surface area (Å²) in [4.78, 5) is 10.9. The Kier molecular flexibility index (Phi) is 18.8. The maximum absolute atomic E-state index is 10.9. The fourth-order valence-corrected chi connectivity index (χ4v) is 8.36. The van der Waals surface area contributed by atoms with Crippen LogP contribution in [0.1, 0.15) is 148 Å². The molecule has 0 aliphatic heterocycles. The molecule has 0 aromatic rings. The first kappa shape index (κ1) is 49.1. The highest BCUT2D eigenvalue weighted by atomic mass is 16.1. The maximum atomic E-state index is 10.9. The molecule has 0 aromatic carbocycles. The predicted octanol–water partition coefficient (Wildman–Crippen LogP) is 11.2. The van der Waals surface area contributed by atoms with E-state index >= 15 is 0 Å². The molecule has 6 nitrogen and oxygen atoms in total. The van der Waals surface area contributed by atoms with Gasteiger partial charge in [0.05, 0.1) is 11.5 Å². The van der Waals surface area contributed by atoms with Gasteiger partial charge in [0.1, 0.15) is 0 Å². The average molecular weight is 722 g/mol. The van der Waals surface area contributed by atoms with Gasteiger partial charge in [-0.25, -0.2) is 0 Å². The van der Waals surface area contributed by atoms with Gasteiger partial charge in [0, 0.05) is 60.5 Å². The molecule has 4 N–H and O–H groups in total. The van der Waals surface area contributed by atoms with Crippen LogP contribution in [0, 0.1) is 55.2 Å². The molecule has 52 heavy (non-hydrogen) atoms. The molecule has 4 atom stereocenters. The van der Waals surface area contributed by atoms with Gasteiger partial charge < -0.3 is 21.3 Å². The van der Waals surface area contributed by atoms with Crippen molar-refractivity contribution in [2.75, 3.05) is 26.2 Å². The Bertz CT molecular complexity index is 1270. The van der Waals surface area contributed by atoms with Gasteiger partial charge in [-0.3, -0.25) is 4.79 Å². The van der Waals surface area contributed by atoms with Gasteiger partial charge in [-0.1, -0.05) is 127 Å². The monoisotopic (exact) mass is 722 g/mol. The van der Waals surface area contributed by atoms with Crippen molar-refractivity contribution in [1.29, 1.82) is 5.26 Å². The van der Waals surface area contributed by atoms with Gasteiger partial charge in [-0.15, -0.1) is 6.58 Å². The van der Waals surface area contributed by atoms with E-state index in [4.69, 9.17) is 6.58 Å². The van der Waals surface area contributed by atoms with E-state index in [0.29, 0.717) is 25.6 Å². The first-order valence-corrected chi connectivity index (χ1v) is 19.8. The number of nitrogens with zero attached hydrogens (tertiary/aromatic N) is 1. The largest absolute Gasteiger partial charge is 0.389 e. The zero-order valence-electron chi connectivity index (χ0n) is 36.6. The van der Waals surface area contributed by atoms with Crippen LogP contribution in [-0.2, 0) is 4.79 Å². The number of allylic oxidation sites excluding steroid dienone is 4. The number of hydrogen-bond acceptors (Lipinski definition) is 5. The van der Waals surface area contributed by atoms with E-state index < -0.39 is 16.2 Å². The number of hydrogen-bond donors (Lipinski definition) is 4. The highest BCUT2D eigenvalue weighted by molar-refractivity contribution is 5.45. The van der Waals surface area contributed by atoms with Gasteiger partial charge in [0.15, 0.2) is 0 Å². The van der Waals surface area contributed by atoms with Crippen LogP contribution in [0.5, 0.6) is 0 Å². The quantitative estimate of drug-likeness (QED) is 0.0351. The summed E-state index contributed by atoms with van der Waals surface area (Å²) >= 11 is 0. The van der Waals surface area contributed by atoms with Crippen molar-refractivity contribution in [2.45, 2.75) is 148 Å². The summed E-state index contributed by atoms with van der Waals surface area (Å²) < 4.78 is 0. The number of amides is 1. The van der Waals surface area contributed by atoms with E-state index in [-0.39, 0.29) is 21.7 Å². The van der Waals surface area contributed by atoms with Gasteiger partial charge in [0.2, 0.25) is 6.41 Å². The molecular formula is C46H83N5O. The summed E-state index contributed by atoms with van der Waals surface area (Å²) in [6.07, 6.45) is 9.78. The minimum Gasteiger partial charge on any atom is -0.389 e. The van der Waals surface area contributed by atoms with Crippen LogP contribution < -0.4 is 21.3 Å². The van der Waals surface area contributed by atoms with Crippen molar-refractivity contribution in [1.82, 2.24) is 21.3 Å². The Morgan fingerprint density at radius 1 is 0.769 bits per heavy atom. The van der Waals surface area contributed by atoms with Gasteiger partial charge >= 0.3 is 0 Å². The van der Waals surface area contributed by atoms with Crippen LogP contribution in [0.4, 0.5) is 0 Å². The molecule has 0 saturated carbocycles. The molecule has 1 amide bonds. The SMILES string of the molecule is C=CCCC(C)(C#N)C(C)(C)C(C)(CC(C)(C)CC(C)(C)C(C)(CC(C)(C)CC)C(=C)NCCNC=O)C(=C)NCCC(=C)NCCC(C)C(=C)C. The molecule has 0 aromatic heterocycles. The number of carbonyl (C=O) groups excluding carboxylic acids is 1. The van der Waals surface area contributed by atoms with E-state index in [1.807, 2.05) is 6.08 Å².